The SMILES string of the molecule is CC(Nc1ccc(Cl)cc1C#N)c1ccc(Cl)cc1Cl. The molecule has 1 atom stereocenters. The Morgan fingerprint density at radius 2 is 1.70 bits per heavy atom. The highest BCUT2D eigenvalue weighted by Gasteiger charge is 2.12. The summed E-state index contributed by atoms with van der Waals surface area (Å²) in [6, 6.07) is 12.5. The number of nitrogens with zero attached hydrogens (tertiary/aromatic N) is 1. The van der Waals surface area contributed by atoms with E-state index in [2.05, 4.69) is 11.4 Å². The average Bonchev–Trinajstić information content (AvgIpc) is 2.40. The first-order valence-electron chi connectivity index (χ1n) is 5.92. The normalized spacial score (nSPS) is 11.8. The van der Waals surface area contributed by atoms with Gasteiger partial charge in [-0.3, -0.25) is 0 Å². The van der Waals surface area contributed by atoms with Crippen LogP contribution in [0.1, 0.15) is 24.1 Å². The highest BCUT2D eigenvalue weighted by atomic mass is 35.5. The summed E-state index contributed by atoms with van der Waals surface area (Å²) in [5.41, 5.74) is 2.12. The van der Waals surface area contributed by atoms with Crippen LogP contribution in [0.5, 0.6) is 0 Å². The molecule has 2 rings (SSSR count). The lowest BCUT2D eigenvalue weighted by Crippen LogP contribution is -2.08. The molecule has 0 amide bonds. The van der Waals surface area contributed by atoms with Crippen molar-refractivity contribution in [3.05, 3.63) is 62.6 Å². The van der Waals surface area contributed by atoms with Crippen LogP contribution in [0.2, 0.25) is 15.1 Å². The van der Waals surface area contributed by atoms with Crippen molar-refractivity contribution in [2.24, 2.45) is 0 Å². The minimum atomic E-state index is -0.0620. The summed E-state index contributed by atoms with van der Waals surface area (Å²) < 4.78 is 0. The van der Waals surface area contributed by atoms with Crippen LogP contribution in [-0.4, -0.2) is 0 Å². The Morgan fingerprint density at radius 1 is 1.05 bits per heavy atom. The fraction of sp³-hybridized carbons (Fsp3) is 0.133. The first-order valence-corrected chi connectivity index (χ1v) is 7.06. The molecule has 1 unspecified atom stereocenters. The van der Waals surface area contributed by atoms with Gasteiger partial charge in [-0.05, 0) is 42.8 Å². The topological polar surface area (TPSA) is 35.8 Å². The van der Waals surface area contributed by atoms with Gasteiger partial charge >= 0.3 is 0 Å². The summed E-state index contributed by atoms with van der Waals surface area (Å²) in [6.45, 7) is 1.96. The van der Waals surface area contributed by atoms with Gasteiger partial charge < -0.3 is 5.32 Å². The summed E-state index contributed by atoms with van der Waals surface area (Å²) in [4.78, 5) is 0. The second-order valence-electron chi connectivity index (χ2n) is 4.33. The number of rotatable bonds is 3. The second kappa shape index (κ2) is 6.37. The first-order chi connectivity index (χ1) is 9.51. The van der Waals surface area contributed by atoms with Crippen molar-refractivity contribution in [3.63, 3.8) is 0 Å². The molecule has 0 fully saturated rings. The Bertz CT molecular complexity index is 677. The zero-order chi connectivity index (χ0) is 14.7. The Labute approximate surface area is 132 Å². The number of anilines is 1. The Hall–Kier alpha value is -1.40. The number of halogens is 3. The van der Waals surface area contributed by atoms with E-state index in [1.165, 1.54) is 0 Å². The van der Waals surface area contributed by atoms with Gasteiger partial charge in [0.1, 0.15) is 6.07 Å². The number of nitriles is 1. The predicted octanol–water partition coefficient (Wildman–Crippen LogP) is 5.69. The Balaban J connectivity index is 2.28. The second-order valence-corrected chi connectivity index (χ2v) is 5.61. The molecule has 0 aromatic heterocycles. The van der Waals surface area contributed by atoms with E-state index < -0.39 is 0 Å². The van der Waals surface area contributed by atoms with Crippen LogP contribution in [0.25, 0.3) is 0 Å². The van der Waals surface area contributed by atoms with Crippen molar-refractivity contribution in [2.45, 2.75) is 13.0 Å². The number of benzene rings is 2. The van der Waals surface area contributed by atoms with E-state index in [1.807, 2.05) is 13.0 Å². The lowest BCUT2D eigenvalue weighted by Gasteiger charge is -2.18. The Kier molecular flexibility index (Phi) is 4.77. The van der Waals surface area contributed by atoms with Crippen LogP contribution in [0.15, 0.2) is 36.4 Å². The molecule has 0 heterocycles. The minimum Gasteiger partial charge on any atom is -0.377 e. The molecular formula is C15H11Cl3N2. The fourth-order valence-electron chi connectivity index (χ4n) is 1.90. The van der Waals surface area contributed by atoms with E-state index in [1.54, 1.807) is 30.3 Å². The molecule has 0 aliphatic rings. The molecule has 0 aliphatic carbocycles. The van der Waals surface area contributed by atoms with E-state index >= 15 is 0 Å². The van der Waals surface area contributed by atoms with E-state index in [-0.39, 0.29) is 6.04 Å². The molecule has 0 aliphatic heterocycles. The smallest absolute Gasteiger partial charge is 0.101 e. The van der Waals surface area contributed by atoms with Gasteiger partial charge in [0.15, 0.2) is 0 Å². The quantitative estimate of drug-likeness (QED) is 0.786. The van der Waals surface area contributed by atoms with Crippen molar-refractivity contribution in [1.29, 1.82) is 5.26 Å². The Morgan fingerprint density at radius 3 is 2.35 bits per heavy atom. The van der Waals surface area contributed by atoms with Crippen LogP contribution in [0.3, 0.4) is 0 Å². The summed E-state index contributed by atoms with van der Waals surface area (Å²) in [5, 5.41) is 14.1. The predicted molar refractivity (Wildman–Crippen MR) is 84.7 cm³/mol. The maximum atomic E-state index is 9.13. The molecule has 0 spiro atoms. The van der Waals surface area contributed by atoms with Gasteiger partial charge in [0.05, 0.1) is 17.3 Å². The van der Waals surface area contributed by atoms with Crippen LogP contribution in [0.4, 0.5) is 5.69 Å². The molecule has 2 aromatic rings. The highest BCUT2D eigenvalue weighted by Crippen LogP contribution is 2.30. The maximum absolute atomic E-state index is 9.13. The molecule has 0 saturated carbocycles. The largest absolute Gasteiger partial charge is 0.377 e. The average molecular weight is 326 g/mol. The highest BCUT2D eigenvalue weighted by molar-refractivity contribution is 6.35. The van der Waals surface area contributed by atoms with E-state index in [4.69, 9.17) is 40.1 Å². The molecule has 5 heteroatoms. The molecule has 1 N–H and O–H groups in total. The van der Waals surface area contributed by atoms with E-state index in [9.17, 15) is 0 Å². The molecule has 20 heavy (non-hydrogen) atoms. The van der Waals surface area contributed by atoms with Gasteiger partial charge in [0.2, 0.25) is 0 Å². The van der Waals surface area contributed by atoms with Crippen LogP contribution >= 0.6 is 34.8 Å². The van der Waals surface area contributed by atoms with Gasteiger partial charge in [0.25, 0.3) is 0 Å². The summed E-state index contributed by atoms with van der Waals surface area (Å²) in [7, 11) is 0. The summed E-state index contributed by atoms with van der Waals surface area (Å²) in [6.07, 6.45) is 0. The van der Waals surface area contributed by atoms with Gasteiger partial charge in [-0.25, -0.2) is 0 Å². The first kappa shape index (κ1) is 15.0. The maximum Gasteiger partial charge on any atom is 0.101 e. The minimum absolute atomic E-state index is 0.0620. The van der Waals surface area contributed by atoms with E-state index in [0.717, 1.165) is 11.3 Å². The van der Waals surface area contributed by atoms with Gasteiger partial charge in [0, 0.05) is 15.1 Å². The lowest BCUT2D eigenvalue weighted by atomic mass is 10.1. The lowest BCUT2D eigenvalue weighted by molar-refractivity contribution is 0.884. The van der Waals surface area contributed by atoms with Crippen molar-refractivity contribution in [2.75, 3.05) is 5.32 Å². The molecular weight excluding hydrogens is 315 g/mol. The van der Waals surface area contributed by atoms with Crippen molar-refractivity contribution in [1.82, 2.24) is 0 Å². The third-order valence-corrected chi connectivity index (χ3v) is 3.70. The van der Waals surface area contributed by atoms with E-state index in [0.29, 0.717) is 20.6 Å². The standard InChI is InChI=1S/C15H11Cl3N2/c1-9(13-4-2-12(17)7-14(13)18)20-15-5-3-11(16)6-10(15)8-19/h2-7,9,20H,1H3. The summed E-state index contributed by atoms with van der Waals surface area (Å²) in [5.74, 6) is 0. The van der Waals surface area contributed by atoms with Gasteiger partial charge in [-0.2, -0.15) is 5.26 Å². The molecule has 102 valence electrons. The summed E-state index contributed by atoms with van der Waals surface area (Å²) >= 11 is 17.9. The third kappa shape index (κ3) is 3.37. The van der Waals surface area contributed by atoms with Crippen LogP contribution in [0, 0.1) is 11.3 Å². The molecule has 0 radical (unpaired) electrons. The number of hydrogen-bond acceptors (Lipinski definition) is 2. The van der Waals surface area contributed by atoms with Gasteiger partial charge in [-0.15, -0.1) is 0 Å². The zero-order valence-electron chi connectivity index (χ0n) is 10.6. The third-order valence-electron chi connectivity index (χ3n) is 2.90. The van der Waals surface area contributed by atoms with Crippen LogP contribution in [-0.2, 0) is 0 Å². The molecule has 0 saturated heterocycles. The molecule has 2 aromatic carbocycles. The van der Waals surface area contributed by atoms with Crippen molar-refractivity contribution >= 4 is 40.5 Å². The fourth-order valence-corrected chi connectivity index (χ4v) is 2.64. The molecule has 2 nitrogen and oxygen atoms in total. The number of hydrogen-bond donors (Lipinski definition) is 1. The van der Waals surface area contributed by atoms with Crippen molar-refractivity contribution in [3.8, 4) is 6.07 Å². The molecule has 0 bridgehead atoms. The number of nitrogens with one attached hydrogen (secondary N) is 1. The van der Waals surface area contributed by atoms with Crippen molar-refractivity contribution < 1.29 is 0 Å². The van der Waals surface area contributed by atoms with Gasteiger partial charge in [-0.1, -0.05) is 40.9 Å². The zero-order valence-corrected chi connectivity index (χ0v) is 12.9. The van der Waals surface area contributed by atoms with Crippen LogP contribution < -0.4 is 5.32 Å². The monoisotopic (exact) mass is 324 g/mol.